The standard InChI is InChI=1S/C19H18N4O2S/c1-12-17(15-9-4-5-10-16(15)25-3)22-23-18(20-21-19(23)26-12)13-7-6-8-14(11-13)24-2/h4-12H,1-3H3/t12-/m1/s1. The molecule has 0 aliphatic carbocycles. The molecule has 6 nitrogen and oxygen atoms in total. The molecule has 0 radical (unpaired) electrons. The molecule has 2 heterocycles. The van der Waals surface area contributed by atoms with E-state index < -0.39 is 0 Å². The molecule has 1 aromatic heterocycles. The summed E-state index contributed by atoms with van der Waals surface area (Å²) in [4.78, 5) is 0. The van der Waals surface area contributed by atoms with Gasteiger partial charge in [0.2, 0.25) is 5.16 Å². The van der Waals surface area contributed by atoms with Crippen molar-refractivity contribution in [1.82, 2.24) is 14.9 Å². The number of thioether (sulfide) groups is 1. The van der Waals surface area contributed by atoms with Crippen LogP contribution in [0.1, 0.15) is 12.5 Å². The van der Waals surface area contributed by atoms with E-state index in [4.69, 9.17) is 14.6 Å². The predicted molar refractivity (Wildman–Crippen MR) is 102 cm³/mol. The maximum atomic E-state index is 5.51. The normalized spacial score (nSPS) is 16.0. The van der Waals surface area contributed by atoms with E-state index in [9.17, 15) is 0 Å². The molecule has 7 heteroatoms. The molecule has 0 saturated heterocycles. The molecule has 0 amide bonds. The SMILES string of the molecule is COc1cccc(-c2nnc3n2N=C(c2ccccc2OC)[C@@H](C)S3)c1. The van der Waals surface area contributed by atoms with Crippen molar-refractivity contribution < 1.29 is 9.47 Å². The fourth-order valence-corrected chi connectivity index (χ4v) is 3.82. The van der Waals surface area contributed by atoms with Crippen LogP contribution in [-0.2, 0) is 0 Å². The van der Waals surface area contributed by atoms with Crippen LogP contribution in [0.5, 0.6) is 11.5 Å². The molecule has 2 aromatic carbocycles. The number of hydrogen-bond acceptors (Lipinski definition) is 6. The summed E-state index contributed by atoms with van der Waals surface area (Å²) in [6.07, 6.45) is 0. The van der Waals surface area contributed by atoms with Crippen molar-refractivity contribution in [2.45, 2.75) is 17.3 Å². The Labute approximate surface area is 155 Å². The molecule has 132 valence electrons. The Morgan fingerprint density at radius 3 is 2.65 bits per heavy atom. The molecular weight excluding hydrogens is 348 g/mol. The van der Waals surface area contributed by atoms with Crippen LogP contribution in [-0.4, -0.2) is 40.1 Å². The van der Waals surface area contributed by atoms with Crippen LogP contribution >= 0.6 is 11.8 Å². The Kier molecular flexibility index (Phi) is 4.38. The average molecular weight is 366 g/mol. The zero-order valence-corrected chi connectivity index (χ0v) is 15.5. The summed E-state index contributed by atoms with van der Waals surface area (Å²) < 4.78 is 12.6. The minimum absolute atomic E-state index is 0.140. The largest absolute Gasteiger partial charge is 0.497 e. The van der Waals surface area contributed by atoms with E-state index in [1.807, 2.05) is 48.5 Å². The van der Waals surface area contributed by atoms with Crippen LogP contribution in [0.2, 0.25) is 0 Å². The minimum Gasteiger partial charge on any atom is -0.497 e. The second kappa shape index (κ2) is 6.84. The summed E-state index contributed by atoms with van der Waals surface area (Å²) in [5, 5.41) is 14.4. The Hall–Kier alpha value is -2.80. The first-order chi connectivity index (χ1) is 12.7. The van der Waals surface area contributed by atoms with Crippen molar-refractivity contribution in [3.05, 3.63) is 54.1 Å². The summed E-state index contributed by atoms with van der Waals surface area (Å²) in [7, 11) is 3.32. The highest BCUT2D eigenvalue weighted by Crippen LogP contribution is 2.35. The average Bonchev–Trinajstić information content (AvgIpc) is 3.10. The van der Waals surface area contributed by atoms with E-state index in [-0.39, 0.29) is 5.25 Å². The highest BCUT2D eigenvalue weighted by Gasteiger charge is 2.27. The first kappa shape index (κ1) is 16.7. The second-order valence-electron chi connectivity index (χ2n) is 5.80. The molecule has 0 spiro atoms. The van der Waals surface area contributed by atoms with Crippen LogP contribution < -0.4 is 9.47 Å². The van der Waals surface area contributed by atoms with Crippen LogP contribution in [0.15, 0.2) is 58.8 Å². The molecular formula is C19H18N4O2S. The van der Waals surface area contributed by atoms with Gasteiger partial charge in [0.25, 0.3) is 0 Å². The molecule has 0 fully saturated rings. The highest BCUT2D eigenvalue weighted by atomic mass is 32.2. The van der Waals surface area contributed by atoms with Crippen molar-refractivity contribution in [1.29, 1.82) is 0 Å². The van der Waals surface area contributed by atoms with Gasteiger partial charge in [-0.1, -0.05) is 36.0 Å². The maximum absolute atomic E-state index is 5.51. The lowest BCUT2D eigenvalue weighted by atomic mass is 10.1. The molecule has 1 aliphatic heterocycles. The van der Waals surface area contributed by atoms with Crippen molar-refractivity contribution >= 4 is 17.5 Å². The number of nitrogens with zero attached hydrogens (tertiary/aromatic N) is 4. The second-order valence-corrected chi connectivity index (χ2v) is 7.10. The van der Waals surface area contributed by atoms with Crippen molar-refractivity contribution in [2.24, 2.45) is 5.10 Å². The predicted octanol–water partition coefficient (Wildman–Crippen LogP) is 3.71. The third-order valence-corrected chi connectivity index (χ3v) is 5.24. The van der Waals surface area contributed by atoms with Gasteiger partial charge in [0.15, 0.2) is 5.82 Å². The molecule has 26 heavy (non-hydrogen) atoms. The van der Waals surface area contributed by atoms with Crippen LogP contribution in [0.25, 0.3) is 11.4 Å². The first-order valence-corrected chi connectivity index (χ1v) is 9.08. The fourth-order valence-electron chi connectivity index (χ4n) is 2.90. The van der Waals surface area contributed by atoms with Gasteiger partial charge in [-0.25, -0.2) is 0 Å². The van der Waals surface area contributed by atoms with Gasteiger partial charge in [-0.2, -0.15) is 9.78 Å². The van der Waals surface area contributed by atoms with Crippen LogP contribution in [0, 0.1) is 0 Å². The maximum Gasteiger partial charge on any atom is 0.213 e. The van der Waals surface area contributed by atoms with Crippen LogP contribution in [0.3, 0.4) is 0 Å². The number of benzene rings is 2. The zero-order valence-electron chi connectivity index (χ0n) is 14.7. The van der Waals surface area contributed by atoms with Gasteiger partial charge >= 0.3 is 0 Å². The summed E-state index contributed by atoms with van der Waals surface area (Å²) in [5.41, 5.74) is 2.82. The number of ether oxygens (including phenoxy) is 2. The highest BCUT2D eigenvalue weighted by molar-refractivity contribution is 8.00. The van der Waals surface area contributed by atoms with E-state index in [0.29, 0.717) is 5.82 Å². The topological polar surface area (TPSA) is 61.5 Å². The summed E-state index contributed by atoms with van der Waals surface area (Å²) in [6.45, 7) is 2.11. The lowest BCUT2D eigenvalue weighted by Crippen LogP contribution is -2.22. The van der Waals surface area contributed by atoms with E-state index in [2.05, 4.69) is 17.1 Å². The van der Waals surface area contributed by atoms with E-state index in [0.717, 1.165) is 33.5 Å². The quantitative estimate of drug-likeness (QED) is 0.704. The zero-order chi connectivity index (χ0) is 18.1. The Morgan fingerprint density at radius 2 is 1.85 bits per heavy atom. The summed E-state index contributed by atoms with van der Waals surface area (Å²) in [5.74, 6) is 2.26. The summed E-state index contributed by atoms with van der Waals surface area (Å²) in [6, 6.07) is 15.6. The van der Waals surface area contributed by atoms with Gasteiger partial charge in [-0.05, 0) is 31.2 Å². The molecule has 4 rings (SSSR count). The number of methoxy groups -OCH3 is 2. The van der Waals surface area contributed by atoms with E-state index in [1.54, 1.807) is 30.7 Å². The number of rotatable bonds is 4. The van der Waals surface area contributed by atoms with Gasteiger partial charge < -0.3 is 9.47 Å². The number of para-hydroxylation sites is 1. The lowest BCUT2D eigenvalue weighted by Gasteiger charge is -2.21. The molecule has 1 atom stereocenters. The molecule has 0 saturated carbocycles. The van der Waals surface area contributed by atoms with Crippen LogP contribution in [0.4, 0.5) is 0 Å². The van der Waals surface area contributed by atoms with E-state index in [1.165, 1.54) is 0 Å². The lowest BCUT2D eigenvalue weighted by molar-refractivity contribution is 0.414. The molecule has 3 aromatic rings. The van der Waals surface area contributed by atoms with Gasteiger partial charge in [0, 0.05) is 11.1 Å². The molecule has 0 N–H and O–H groups in total. The van der Waals surface area contributed by atoms with Crippen molar-refractivity contribution in [3.8, 4) is 22.9 Å². The minimum atomic E-state index is 0.140. The molecule has 0 bridgehead atoms. The van der Waals surface area contributed by atoms with Gasteiger partial charge in [0.05, 0.1) is 25.2 Å². The van der Waals surface area contributed by atoms with Gasteiger partial charge in [-0.3, -0.25) is 0 Å². The van der Waals surface area contributed by atoms with Crippen molar-refractivity contribution in [3.63, 3.8) is 0 Å². The molecule has 0 unspecified atom stereocenters. The van der Waals surface area contributed by atoms with Crippen molar-refractivity contribution in [2.75, 3.05) is 14.2 Å². The Bertz CT molecular complexity index is 983. The molecule has 1 aliphatic rings. The third-order valence-electron chi connectivity index (χ3n) is 4.20. The third kappa shape index (κ3) is 2.84. The Morgan fingerprint density at radius 1 is 1.00 bits per heavy atom. The van der Waals surface area contributed by atoms with E-state index >= 15 is 0 Å². The first-order valence-electron chi connectivity index (χ1n) is 8.20. The number of aromatic nitrogens is 3. The number of fused-ring (bicyclic) bond motifs is 1. The fraction of sp³-hybridized carbons (Fsp3) is 0.211. The van der Waals surface area contributed by atoms with Gasteiger partial charge in [0.1, 0.15) is 11.5 Å². The van der Waals surface area contributed by atoms with Gasteiger partial charge in [-0.15, -0.1) is 10.2 Å². The monoisotopic (exact) mass is 366 g/mol. The Balaban J connectivity index is 1.84. The summed E-state index contributed by atoms with van der Waals surface area (Å²) >= 11 is 1.63. The smallest absolute Gasteiger partial charge is 0.213 e. The number of hydrogen-bond donors (Lipinski definition) is 0.